The van der Waals surface area contributed by atoms with E-state index in [1.807, 2.05) is 4.90 Å². The van der Waals surface area contributed by atoms with E-state index in [9.17, 15) is 4.79 Å². The van der Waals surface area contributed by atoms with Gasteiger partial charge in [-0.1, -0.05) is 11.6 Å². The molecule has 2 saturated heterocycles. The molecule has 6 nitrogen and oxygen atoms in total. The fourth-order valence-electron chi connectivity index (χ4n) is 5.42. The van der Waals surface area contributed by atoms with Crippen molar-refractivity contribution in [3.8, 4) is 0 Å². The molecule has 1 N–H and O–H groups in total. The molecule has 0 aromatic rings. The van der Waals surface area contributed by atoms with Crippen molar-refractivity contribution in [2.24, 2.45) is 5.92 Å². The minimum atomic E-state index is 0.0164. The molecule has 1 unspecified atom stereocenters. The number of nitrogens with zero attached hydrogens (tertiary/aromatic N) is 3. The molecular formula is C26H40N4O2. The molecule has 2 amide bonds. The fraction of sp³-hybridized carbons (Fsp3) is 0.654. The molecule has 2 fully saturated rings. The summed E-state index contributed by atoms with van der Waals surface area (Å²) < 4.78 is 5.64. The lowest BCUT2D eigenvalue weighted by Crippen LogP contribution is -2.49. The number of nitrogens with one attached hydrogen (secondary N) is 1. The van der Waals surface area contributed by atoms with Gasteiger partial charge in [0, 0.05) is 39.3 Å². The number of amides is 2. The van der Waals surface area contributed by atoms with Crippen LogP contribution in [0, 0.1) is 5.92 Å². The maximum atomic E-state index is 13.0. The molecule has 0 bridgehead atoms. The van der Waals surface area contributed by atoms with Crippen LogP contribution in [0.15, 0.2) is 46.4 Å². The second-order valence-electron chi connectivity index (χ2n) is 9.77. The largest absolute Gasteiger partial charge is 0.495 e. The Morgan fingerprint density at radius 3 is 2.47 bits per heavy atom. The molecule has 0 radical (unpaired) electrons. The third-order valence-electron chi connectivity index (χ3n) is 7.72. The van der Waals surface area contributed by atoms with E-state index in [1.165, 1.54) is 29.6 Å². The maximum Gasteiger partial charge on any atom is 0.317 e. The third-order valence-corrected chi connectivity index (χ3v) is 7.72. The van der Waals surface area contributed by atoms with Gasteiger partial charge in [-0.2, -0.15) is 0 Å². The Hall–Kier alpha value is -2.21. The zero-order valence-electron chi connectivity index (χ0n) is 20.3. The van der Waals surface area contributed by atoms with Gasteiger partial charge < -0.3 is 24.8 Å². The van der Waals surface area contributed by atoms with Gasteiger partial charge in [-0.15, -0.1) is 0 Å². The molecule has 32 heavy (non-hydrogen) atoms. The predicted molar refractivity (Wildman–Crippen MR) is 129 cm³/mol. The molecule has 4 rings (SSSR count). The molecule has 4 aliphatic rings. The molecular weight excluding hydrogens is 400 g/mol. The van der Waals surface area contributed by atoms with Gasteiger partial charge in [0.05, 0.1) is 18.8 Å². The minimum absolute atomic E-state index is 0.0164. The molecule has 2 aliphatic carbocycles. The summed E-state index contributed by atoms with van der Waals surface area (Å²) in [5, 5.41) is 3.27. The van der Waals surface area contributed by atoms with Crippen molar-refractivity contribution in [1.82, 2.24) is 20.0 Å². The van der Waals surface area contributed by atoms with E-state index in [2.05, 4.69) is 54.2 Å². The quantitative estimate of drug-likeness (QED) is 0.720. The van der Waals surface area contributed by atoms with Crippen molar-refractivity contribution < 1.29 is 9.53 Å². The highest BCUT2D eigenvalue weighted by molar-refractivity contribution is 5.75. The average Bonchev–Trinajstić information content (AvgIpc) is 2.81. The van der Waals surface area contributed by atoms with Crippen LogP contribution in [0.25, 0.3) is 0 Å². The number of carbonyl (C=O) groups excluding carboxylic acids is 1. The first-order chi connectivity index (χ1) is 15.5. The minimum Gasteiger partial charge on any atom is -0.495 e. The van der Waals surface area contributed by atoms with Crippen molar-refractivity contribution in [3.63, 3.8) is 0 Å². The molecule has 176 valence electrons. The summed E-state index contributed by atoms with van der Waals surface area (Å²) in [6.45, 7) is 10.3. The Bertz CT molecular complexity index is 825. The Kier molecular flexibility index (Phi) is 7.29. The van der Waals surface area contributed by atoms with Crippen molar-refractivity contribution in [1.29, 1.82) is 0 Å². The lowest BCUT2D eigenvalue weighted by Gasteiger charge is -2.38. The smallest absolute Gasteiger partial charge is 0.317 e. The summed E-state index contributed by atoms with van der Waals surface area (Å²) in [6, 6.07) is 0.0837. The summed E-state index contributed by atoms with van der Waals surface area (Å²) >= 11 is 0. The van der Waals surface area contributed by atoms with Gasteiger partial charge in [-0.3, -0.25) is 0 Å². The van der Waals surface area contributed by atoms with Gasteiger partial charge in [0.2, 0.25) is 0 Å². The molecule has 0 aromatic carbocycles. The summed E-state index contributed by atoms with van der Waals surface area (Å²) in [4.78, 5) is 19.8. The molecule has 1 atom stereocenters. The number of likely N-dealkylation sites (N-methyl/N-ethyl adjacent to an activating group) is 1. The van der Waals surface area contributed by atoms with Gasteiger partial charge >= 0.3 is 6.03 Å². The summed E-state index contributed by atoms with van der Waals surface area (Å²) in [6.07, 6.45) is 12.0. The van der Waals surface area contributed by atoms with Gasteiger partial charge in [0.15, 0.2) is 0 Å². The number of rotatable bonds is 4. The van der Waals surface area contributed by atoms with Crippen LogP contribution in [-0.2, 0) is 4.74 Å². The SMILES string of the molecule is COC1=CCC(NC(=O)N2CCC(C3=CCCC(C)=C3C)CC2)C=C1N1CCN(C)CC1. The van der Waals surface area contributed by atoms with Gasteiger partial charge in [0.1, 0.15) is 5.76 Å². The van der Waals surface area contributed by atoms with Crippen molar-refractivity contribution in [3.05, 3.63) is 46.4 Å². The summed E-state index contributed by atoms with van der Waals surface area (Å²) in [5.41, 5.74) is 5.69. The van der Waals surface area contributed by atoms with Crippen LogP contribution in [-0.4, -0.2) is 80.2 Å². The number of hydrogen-bond donors (Lipinski definition) is 1. The lowest BCUT2D eigenvalue weighted by molar-refractivity contribution is 0.167. The van der Waals surface area contributed by atoms with Crippen molar-refractivity contribution in [2.75, 3.05) is 53.4 Å². The Labute approximate surface area is 193 Å². The normalized spacial score (nSPS) is 25.9. The van der Waals surface area contributed by atoms with Crippen LogP contribution in [0.1, 0.15) is 46.0 Å². The highest BCUT2D eigenvalue weighted by Crippen LogP contribution is 2.35. The molecule has 0 saturated carbocycles. The Balaban J connectivity index is 1.33. The lowest BCUT2D eigenvalue weighted by atomic mass is 9.80. The van der Waals surface area contributed by atoms with Crippen LogP contribution in [0.5, 0.6) is 0 Å². The number of likely N-dealkylation sites (tertiary alicyclic amines) is 1. The van der Waals surface area contributed by atoms with E-state index in [-0.39, 0.29) is 12.1 Å². The number of hydrogen-bond acceptors (Lipinski definition) is 4. The first-order valence-corrected chi connectivity index (χ1v) is 12.3. The highest BCUT2D eigenvalue weighted by atomic mass is 16.5. The van der Waals surface area contributed by atoms with E-state index in [0.29, 0.717) is 5.92 Å². The van der Waals surface area contributed by atoms with Gasteiger partial charge in [-0.05, 0) is 82.2 Å². The molecule has 2 aliphatic heterocycles. The number of urea groups is 1. The Morgan fingerprint density at radius 2 is 1.78 bits per heavy atom. The topological polar surface area (TPSA) is 48.1 Å². The predicted octanol–water partition coefficient (Wildman–Crippen LogP) is 3.90. The van der Waals surface area contributed by atoms with E-state index in [1.54, 1.807) is 7.11 Å². The third kappa shape index (κ3) is 5.06. The van der Waals surface area contributed by atoms with E-state index < -0.39 is 0 Å². The van der Waals surface area contributed by atoms with Crippen LogP contribution in [0.4, 0.5) is 4.79 Å². The van der Waals surface area contributed by atoms with Crippen LogP contribution in [0.2, 0.25) is 0 Å². The van der Waals surface area contributed by atoms with E-state index in [0.717, 1.165) is 70.0 Å². The van der Waals surface area contributed by atoms with Gasteiger partial charge in [-0.25, -0.2) is 4.79 Å². The Morgan fingerprint density at radius 1 is 1.06 bits per heavy atom. The fourth-order valence-corrected chi connectivity index (χ4v) is 5.42. The van der Waals surface area contributed by atoms with E-state index in [4.69, 9.17) is 4.74 Å². The van der Waals surface area contributed by atoms with E-state index >= 15 is 0 Å². The first kappa shape index (κ1) is 23.0. The molecule has 0 aromatic heterocycles. The molecule has 0 spiro atoms. The second kappa shape index (κ2) is 10.2. The maximum absolute atomic E-state index is 13.0. The zero-order chi connectivity index (χ0) is 22.7. The number of methoxy groups -OCH3 is 1. The highest BCUT2D eigenvalue weighted by Gasteiger charge is 2.29. The number of piperazine rings is 1. The summed E-state index contributed by atoms with van der Waals surface area (Å²) in [5.74, 6) is 1.53. The number of carbonyl (C=O) groups is 1. The van der Waals surface area contributed by atoms with Crippen molar-refractivity contribution >= 4 is 6.03 Å². The first-order valence-electron chi connectivity index (χ1n) is 12.3. The average molecular weight is 441 g/mol. The molecule has 6 heteroatoms. The van der Waals surface area contributed by atoms with Crippen LogP contribution >= 0.6 is 0 Å². The van der Waals surface area contributed by atoms with Crippen LogP contribution < -0.4 is 5.32 Å². The summed E-state index contributed by atoms with van der Waals surface area (Å²) in [7, 11) is 3.90. The number of ether oxygens (including phenoxy) is 1. The molecule has 2 heterocycles. The monoisotopic (exact) mass is 440 g/mol. The second-order valence-corrected chi connectivity index (χ2v) is 9.77. The number of piperidine rings is 1. The standard InChI is InChI=1S/C26H40N4O2/c1-19-6-5-7-23(20(19)2)21-10-12-30(13-11-21)26(31)27-22-8-9-25(32-4)24(18-22)29-16-14-28(3)15-17-29/h7,9,18,21-22H,5-6,8,10-17H2,1-4H3,(H,27,31). The van der Waals surface area contributed by atoms with Gasteiger partial charge in [0.25, 0.3) is 0 Å². The van der Waals surface area contributed by atoms with Crippen molar-refractivity contribution in [2.45, 2.75) is 52.0 Å². The number of allylic oxidation sites excluding steroid dienone is 4. The zero-order valence-corrected chi connectivity index (χ0v) is 20.3. The van der Waals surface area contributed by atoms with Crippen LogP contribution in [0.3, 0.4) is 0 Å².